The summed E-state index contributed by atoms with van der Waals surface area (Å²) in [5.41, 5.74) is 0.966. The highest BCUT2D eigenvalue weighted by molar-refractivity contribution is 8.00. The molecule has 150 valence electrons. The van der Waals surface area contributed by atoms with Crippen molar-refractivity contribution in [1.82, 2.24) is 0 Å². The standard InChI is InChI=1S/C21H20N2O4S2/c1-27-18-11-7-17(8-12-18)23-29(25,26)20-13-9-16(10-14-20)22-21(24)15-28-19-5-3-2-4-6-19/h2-14,23H,15H2,1H3,(H,22,24). The minimum atomic E-state index is -3.73. The van der Waals surface area contributed by atoms with Crippen LogP contribution in [0.25, 0.3) is 0 Å². The van der Waals surface area contributed by atoms with Crippen LogP contribution in [-0.2, 0) is 14.8 Å². The fraction of sp³-hybridized carbons (Fsp3) is 0.0952. The second kappa shape index (κ2) is 9.49. The van der Waals surface area contributed by atoms with E-state index in [1.807, 2.05) is 30.3 Å². The van der Waals surface area contributed by atoms with Crippen molar-refractivity contribution in [2.24, 2.45) is 0 Å². The van der Waals surface area contributed by atoms with Crippen LogP contribution in [0, 0.1) is 0 Å². The molecule has 0 aromatic heterocycles. The molecule has 6 nitrogen and oxygen atoms in total. The maximum Gasteiger partial charge on any atom is 0.261 e. The number of hydrogen-bond acceptors (Lipinski definition) is 5. The molecule has 0 aliphatic rings. The number of hydrogen-bond donors (Lipinski definition) is 2. The van der Waals surface area contributed by atoms with Crippen molar-refractivity contribution in [3.63, 3.8) is 0 Å². The van der Waals surface area contributed by atoms with Crippen LogP contribution in [0.15, 0.2) is 88.7 Å². The fourth-order valence-corrected chi connectivity index (χ4v) is 4.23. The number of thioether (sulfide) groups is 1. The second-order valence-electron chi connectivity index (χ2n) is 6.01. The van der Waals surface area contributed by atoms with Gasteiger partial charge in [0.15, 0.2) is 0 Å². The van der Waals surface area contributed by atoms with Crippen LogP contribution < -0.4 is 14.8 Å². The molecule has 0 spiro atoms. The van der Waals surface area contributed by atoms with Crippen LogP contribution in [0.4, 0.5) is 11.4 Å². The summed E-state index contributed by atoms with van der Waals surface area (Å²) >= 11 is 1.43. The van der Waals surface area contributed by atoms with Crippen molar-refractivity contribution >= 4 is 39.1 Å². The van der Waals surface area contributed by atoms with Gasteiger partial charge in [-0.2, -0.15) is 0 Å². The molecule has 3 aromatic rings. The number of rotatable bonds is 8. The van der Waals surface area contributed by atoms with Crippen molar-refractivity contribution in [2.75, 3.05) is 22.9 Å². The van der Waals surface area contributed by atoms with E-state index in [-0.39, 0.29) is 16.6 Å². The van der Waals surface area contributed by atoms with Crippen molar-refractivity contribution in [3.05, 3.63) is 78.9 Å². The monoisotopic (exact) mass is 428 g/mol. The van der Waals surface area contributed by atoms with E-state index < -0.39 is 10.0 Å². The van der Waals surface area contributed by atoms with Crippen LogP contribution in [0.2, 0.25) is 0 Å². The molecule has 29 heavy (non-hydrogen) atoms. The maximum atomic E-state index is 12.5. The lowest BCUT2D eigenvalue weighted by atomic mass is 10.3. The smallest absolute Gasteiger partial charge is 0.261 e. The predicted molar refractivity (Wildman–Crippen MR) is 116 cm³/mol. The highest BCUT2D eigenvalue weighted by Crippen LogP contribution is 2.21. The molecule has 3 rings (SSSR count). The van der Waals surface area contributed by atoms with Crippen LogP contribution in [-0.4, -0.2) is 27.2 Å². The molecule has 8 heteroatoms. The number of methoxy groups -OCH3 is 1. The normalized spacial score (nSPS) is 10.9. The van der Waals surface area contributed by atoms with Gasteiger partial charge in [0.05, 0.1) is 17.8 Å². The van der Waals surface area contributed by atoms with Crippen LogP contribution >= 0.6 is 11.8 Å². The van der Waals surface area contributed by atoms with E-state index in [1.165, 1.54) is 23.9 Å². The molecule has 0 bridgehead atoms. The third-order valence-electron chi connectivity index (χ3n) is 3.90. The average Bonchev–Trinajstić information content (AvgIpc) is 2.74. The summed E-state index contributed by atoms with van der Waals surface area (Å²) in [6.45, 7) is 0. The van der Waals surface area contributed by atoms with Gasteiger partial charge in [0.1, 0.15) is 5.75 Å². The Morgan fingerprint density at radius 1 is 0.897 bits per heavy atom. The summed E-state index contributed by atoms with van der Waals surface area (Å²) in [6, 6.07) is 22.2. The second-order valence-corrected chi connectivity index (χ2v) is 8.74. The maximum absolute atomic E-state index is 12.5. The minimum absolute atomic E-state index is 0.102. The first-order chi connectivity index (χ1) is 14.0. The molecular formula is C21H20N2O4S2. The molecule has 0 atom stereocenters. The first-order valence-corrected chi connectivity index (χ1v) is 11.2. The summed E-state index contributed by atoms with van der Waals surface area (Å²) in [7, 11) is -2.19. The molecule has 0 fully saturated rings. The van der Waals surface area contributed by atoms with Gasteiger partial charge in [0, 0.05) is 16.3 Å². The van der Waals surface area contributed by atoms with E-state index >= 15 is 0 Å². The number of sulfonamides is 1. The van der Waals surface area contributed by atoms with Crippen molar-refractivity contribution in [2.45, 2.75) is 9.79 Å². The van der Waals surface area contributed by atoms with E-state index in [9.17, 15) is 13.2 Å². The van der Waals surface area contributed by atoms with E-state index in [1.54, 1.807) is 43.5 Å². The molecule has 3 aromatic carbocycles. The van der Waals surface area contributed by atoms with E-state index in [0.717, 1.165) is 4.90 Å². The quantitative estimate of drug-likeness (QED) is 0.525. The zero-order valence-electron chi connectivity index (χ0n) is 15.7. The molecule has 0 saturated heterocycles. The van der Waals surface area contributed by atoms with Gasteiger partial charge < -0.3 is 10.1 Å². The zero-order chi connectivity index (χ0) is 20.7. The van der Waals surface area contributed by atoms with Gasteiger partial charge in [-0.15, -0.1) is 11.8 Å². The third-order valence-corrected chi connectivity index (χ3v) is 6.31. The largest absolute Gasteiger partial charge is 0.497 e. The van der Waals surface area contributed by atoms with Crippen molar-refractivity contribution in [1.29, 1.82) is 0 Å². The lowest BCUT2D eigenvalue weighted by molar-refractivity contribution is -0.113. The van der Waals surface area contributed by atoms with Crippen molar-refractivity contribution < 1.29 is 17.9 Å². The summed E-state index contributed by atoms with van der Waals surface area (Å²) in [6.07, 6.45) is 0. The highest BCUT2D eigenvalue weighted by Gasteiger charge is 2.14. The van der Waals surface area contributed by atoms with E-state index in [4.69, 9.17) is 4.74 Å². The highest BCUT2D eigenvalue weighted by atomic mass is 32.2. The molecule has 2 N–H and O–H groups in total. The predicted octanol–water partition coefficient (Wildman–Crippen LogP) is 4.23. The Labute approximate surface area is 174 Å². The summed E-state index contributed by atoms with van der Waals surface area (Å²) in [4.78, 5) is 13.2. The Morgan fingerprint density at radius 2 is 1.52 bits per heavy atom. The van der Waals surface area contributed by atoms with Crippen LogP contribution in [0.1, 0.15) is 0 Å². The van der Waals surface area contributed by atoms with E-state index in [2.05, 4.69) is 10.0 Å². The van der Waals surface area contributed by atoms with Crippen molar-refractivity contribution in [3.8, 4) is 5.75 Å². The Morgan fingerprint density at radius 3 is 2.14 bits per heavy atom. The lowest BCUT2D eigenvalue weighted by Crippen LogP contribution is -2.15. The molecule has 0 aliphatic carbocycles. The summed E-state index contributed by atoms with van der Waals surface area (Å²) in [5.74, 6) is 0.743. The molecular weight excluding hydrogens is 408 g/mol. The molecule has 0 saturated carbocycles. The van der Waals surface area contributed by atoms with Gasteiger partial charge in [0.25, 0.3) is 10.0 Å². The molecule has 0 aliphatic heterocycles. The SMILES string of the molecule is COc1ccc(NS(=O)(=O)c2ccc(NC(=O)CSc3ccccc3)cc2)cc1. The first kappa shape index (κ1) is 20.8. The third kappa shape index (κ3) is 6.00. The molecule has 0 heterocycles. The molecule has 0 radical (unpaired) electrons. The molecule has 0 unspecified atom stereocenters. The number of nitrogens with one attached hydrogen (secondary N) is 2. The van der Waals surface area contributed by atoms with Crippen LogP contribution in [0.3, 0.4) is 0 Å². The number of benzene rings is 3. The summed E-state index contributed by atoms with van der Waals surface area (Å²) in [5, 5.41) is 2.76. The Balaban J connectivity index is 1.58. The van der Waals surface area contributed by atoms with Gasteiger partial charge >= 0.3 is 0 Å². The number of carbonyl (C=O) groups is 1. The zero-order valence-corrected chi connectivity index (χ0v) is 17.3. The average molecular weight is 429 g/mol. The van der Waals surface area contributed by atoms with Gasteiger partial charge in [0.2, 0.25) is 5.91 Å². The molecule has 1 amide bonds. The number of carbonyl (C=O) groups excluding carboxylic acids is 1. The number of ether oxygens (including phenoxy) is 1. The van der Waals surface area contributed by atoms with Gasteiger partial charge in [-0.25, -0.2) is 8.42 Å². The Bertz CT molecular complexity index is 1050. The Kier molecular flexibility index (Phi) is 6.79. The van der Waals surface area contributed by atoms with Gasteiger partial charge in [-0.3, -0.25) is 9.52 Å². The van der Waals surface area contributed by atoms with Crippen LogP contribution in [0.5, 0.6) is 5.75 Å². The van der Waals surface area contributed by atoms with Gasteiger partial charge in [-0.1, -0.05) is 18.2 Å². The fourth-order valence-electron chi connectivity index (χ4n) is 2.45. The Hall–Kier alpha value is -2.97. The lowest BCUT2D eigenvalue weighted by Gasteiger charge is -2.10. The number of anilines is 2. The first-order valence-electron chi connectivity index (χ1n) is 8.71. The van der Waals surface area contributed by atoms with Gasteiger partial charge in [-0.05, 0) is 60.7 Å². The topological polar surface area (TPSA) is 84.5 Å². The van der Waals surface area contributed by atoms with E-state index in [0.29, 0.717) is 17.1 Å². The minimum Gasteiger partial charge on any atom is -0.497 e. The number of amides is 1. The summed E-state index contributed by atoms with van der Waals surface area (Å²) < 4.78 is 32.6.